The fourth-order valence-electron chi connectivity index (χ4n) is 2.39. The third-order valence-electron chi connectivity index (χ3n) is 3.54. The first-order chi connectivity index (χ1) is 11.2. The molecule has 3 rings (SSSR count). The summed E-state index contributed by atoms with van der Waals surface area (Å²) in [6.45, 7) is 0.610. The van der Waals surface area contributed by atoms with E-state index in [0.29, 0.717) is 22.8 Å². The van der Waals surface area contributed by atoms with Crippen LogP contribution >= 0.6 is 11.6 Å². The second kappa shape index (κ2) is 6.67. The molecule has 0 radical (unpaired) electrons. The zero-order chi connectivity index (χ0) is 16.2. The van der Waals surface area contributed by atoms with Crippen LogP contribution in [-0.4, -0.2) is 22.7 Å². The third kappa shape index (κ3) is 3.43. The van der Waals surface area contributed by atoms with Gasteiger partial charge in [0.1, 0.15) is 5.69 Å². The van der Waals surface area contributed by atoms with Crippen LogP contribution in [0.3, 0.4) is 0 Å². The molecular formula is C18H16ClN3O. The summed E-state index contributed by atoms with van der Waals surface area (Å²) in [7, 11) is 1.61. The molecule has 4 nitrogen and oxygen atoms in total. The Hall–Kier alpha value is -2.59. The number of halogens is 1. The number of aromatic nitrogens is 2. The minimum atomic E-state index is -0.158. The number of hydrogen-bond acceptors (Lipinski definition) is 2. The average molecular weight is 326 g/mol. The maximum Gasteiger partial charge on any atom is 0.254 e. The molecule has 0 unspecified atom stereocenters. The highest BCUT2D eigenvalue weighted by Gasteiger charge is 2.17. The topological polar surface area (TPSA) is 46.9 Å². The summed E-state index contributed by atoms with van der Waals surface area (Å²) in [6, 6.07) is 17.3. The van der Waals surface area contributed by atoms with Crippen molar-refractivity contribution in [3.63, 3.8) is 0 Å². The van der Waals surface area contributed by atoms with Crippen LogP contribution in [0.5, 0.6) is 0 Å². The molecule has 0 saturated carbocycles. The first-order valence-electron chi connectivity index (χ1n) is 7.27. The van der Waals surface area contributed by atoms with Gasteiger partial charge in [0.15, 0.2) is 0 Å². The first kappa shape index (κ1) is 15.3. The van der Waals surface area contributed by atoms with E-state index in [2.05, 4.69) is 10.4 Å². The van der Waals surface area contributed by atoms with E-state index in [1.165, 1.54) is 0 Å². The predicted molar refractivity (Wildman–Crippen MR) is 91.6 cm³/mol. The van der Waals surface area contributed by atoms with Crippen LogP contribution in [0.1, 0.15) is 15.9 Å². The number of nitrogens with one attached hydrogen (secondary N) is 1. The number of carbonyl (C=O) groups is 1. The molecular weight excluding hydrogens is 310 g/mol. The Morgan fingerprint density at radius 1 is 1.13 bits per heavy atom. The third-order valence-corrected chi connectivity index (χ3v) is 3.79. The Morgan fingerprint density at radius 2 is 1.83 bits per heavy atom. The van der Waals surface area contributed by atoms with E-state index in [9.17, 15) is 4.79 Å². The van der Waals surface area contributed by atoms with Crippen LogP contribution in [0.25, 0.3) is 11.3 Å². The summed E-state index contributed by atoms with van der Waals surface area (Å²) in [5, 5.41) is 7.90. The van der Waals surface area contributed by atoms with Crippen molar-refractivity contribution < 1.29 is 4.79 Å². The van der Waals surface area contributed by atoms with Crippen molar-refractivity contribution in [2.45, 2.75) is 6.54 Å². The molecule has 0 aliphatic heterocycles. The number of benzene rings is 2. The normalized spacial score (nSPS) is 10.5. The van der Waals surface area contributed by atoms with Gasteiger partial charge in [-0.15, -0.1) is 0 Å². The van der Waals surface area contributed by atoms with Crippen LogP contribution in [0.2, 0.25) is 5.02 Å². The molecule has 0 bridgehead atoms. The van der Waals surface area contributed by atoms with Gasteiger partial charge in [0, 0.05) is 23.8 Å². The minimum absolute atomic E-state index is 0.158. The molecule has 23 heavy (non-hydrogen) atoms. The fourth-order valence-corrected chi connectivity index (χ4v) is 2.52. The maximum atomic E-state index is 12.1. The van der Waals surface area contributed by atoms with Gasteiger partial charge in [-0.2, -0.15) is 5.10 Å². The van der Waals surface area contributed by atoms with Gasteiger partial charge < -0.3 is 5.32 Å². The summed E-state index contributed by atoms with van der Waals surface area (Å²) in [5.41, 5.74) is 3.18. The molecule has 0 fully saturated rings. The number of rotatable bonds is 4. The molecule has 1 heterocycles. The smallest absolute Gasteiger partial charge is 0.254 e. The second-order valence-corrected chi connectivity index (χ2v) is 5.60. The van der Waals surface area contributed by atoms with Crippen LogP contribution < -0.4 is 5.32 Å². The molecule has 1 amide bonds. The van der Waals surface area contributed by atoms with Gasteiger partial charge in [-0.05, 0) is 17.7 Å². The molecule has 0 aliphatic carbocycles. The van der Waals surface area contributed by atoms with Crippen molar-refractivity contribution in [2.24, 2.45) is 0 Å². The molecule has 3 aromatic rings. The summed E-state index contributed by atoms with van der Waals surface area (Å²) >= 11 is 5.94. The monoisotopic (exact) mass is 325 g/mol. The van der Waals surface area contributed by atoms with Crippen LogP contribution in [0, 0.1) is 0 Å². The molecule has 0 saturated heterocycles. The van der Waals surface area contributed by atoms with Crippen LogP contribution in [0.15, 0.2) is 60.8 Å². The highest BCUT2D eigenvalue weighted by molar-refractivity contribution is 6.30. The molecule has 0 aliphatic rings. The summed E-state index contributed by atoms with van der Waals surface area (Å²) in [4.78, 5) is 12.1. The van der Waals surface area contributed by atoms with Crippen LogP contribution in [0.4, 0.5) is 0 Å². The fraction of sp³-hybridized carbons (Fsp3) is 0.111. The van der Waals surface area contributed by atoms with Crippen molar-refractivity contribution >= 4 is 17.5 Å². The molecule has 1 aromatic heterocycles. The highest BCUT2D eigenvalue weighted by atomic mass is 35.5. The largest absolute Gasteiger partial charge is 0.355 e. The molecule has 116 valence electrons. The Balaban J connectivity index is 2.00. The quantitative estimate of drug-likeness (QED) is 0.796. The standard InChI is InChI=1S/C18H16ClN3O/c1-20-18(23)16-12-22(11-13-5-3-2-4-6-13)21-17(16)14-7-9-15(19)10-8-14/h2-10,12H,11H2,1H3,(H,20,23). The van der Waals surface area contributed by atoms with Crippen LogP contribution in [-0.2, 0) is 6.54 Å². The van der Waals surface area contributed by atoms with Gasteiger partial charge in [-0.1, -0.05) is 54.1 Å². The number of amides is 1. The van der Waals surface area contributed by atoms with Crippen molar-refractivity contribution in [1.82, 2.24) is 15.1 Å². The molecule has 0 spiro atoms. The zero-order valence-electron chi connectivity index (χ0n) is 12.7. The average Bonchev–Trinajstić information content (AvgIpc) is 2.99. The Labute approximate surface area is 139 Å². The van der Waals surface area contributed by atoms with Gasteiger partial charge in [0.05, 0.1) is 12.1 Å². The molecule has 5 heteroatoms. The SMILES string of the molecule is CNC(=O)c1cn(Cc2ccccc2)nc1-c1ccc(Cl)cc1. The zero-order valence-corrected chi connectivity index (χ0v) is 13.4. The van der Waals surface area contributed by atoms with E-state index in [0.717, 1.165) is 11.1 Å². The Bertz CT molecular complexity index is 810. The molecule has 2 aromatic carbocycles. The first-order valence-corrected chi connectivity index (χ1v) is 7.64. The minimum Gasteiger partial charge on any atom is -0.355 e. The summed E-state index contributed by atoms with van der Waals surface area (Å²) in [6.07, 6.45) is 1.77. The van der Waals surface area contributed by atoms with Gasteiger partial charge in [-0.3, -0.25) is 9.48 Å². The lowest BCUT2D eigenvalue weighted by molar-refractivity contribution is 0.0963. The van der Waals surface area contributed by atoms with Crippen molar-refractivity contribution in [2.75, 3.05) is 7.05 Å². The predicted octanol–water partition coefficient (Wildman–Crippen LogP) is 3.61. The van der Waals surface area contributed by atoms with E-state index in [1.54, 1.807) is 30.1 Å². The van der Waals surface area contributed by atoms with Gasteiger partial charge in [-0.25, -0.2) is 0 Å². The summed E-state index contributed by atoms with van der Waals surface area (Å²) < 4.78 is 1.78. The number of nitrogens with zero attached hydrogens (tertiary/aromatic N) is 2. The van der Waals surface area contributed by atoms with E-state index < -0.39 is 0 Å². The molecule has 1 N–H and O–H groups in total. The number of carbonyl (C=O) groups excluding carboxylic acids is 1. The lowest BCUT2D eigenvalue weighted by Crippen LogP contribution is -2.18. The molecule has 0 atom stereocenters. The Kier molecular flexibility index (Phi) is 4.44. The van der Waals surface area contributed by atoms with Crippen molar-refractivity contribution in [1.29, 1.82) is 0 Å². The maximum absolute atomic E-state index is 12.1. The van der Waals surface area contributed by atoms with E-state index in [-0.39, 0.29) is 5.91 Å². The summed E-state index contributed by atoms with van der Waals surface area (Å²) in [5.74, 6) is -0.158. The Morgan fingerprint density at radius 3 is 2.48 bits per heavy atom. The van der Waals surface area contributed by atoms with Crippen molar-refractivity contribution in [3.8, 4) is 11.3 Å². The lowest BCUT2D eigenvalue weighted by atomic mass is 10.1. The lowest BCUT2D eigenvalue weighted by Gasteiger charge is -2.02. The van der Waals surface area contributed by atoms with E-state index >= 15 is 0 Å². The highest BCUT2D eigenvalue weighted by Crippen LogP contribution is 2.24. The van der Waals surface area contributed by atoms with Gasteiger partial charge >= 0.3 is 0 Å². The van der Waals surface area contributed by atoms with E-state index in [1.807, 2.05) is 42.5 Å². The van der Waals surface area contributed by atoms with Gasteiger partial charge in [0.2, 0.25) is 0 Å². The van der Waals surface area contributed by atoms with Crippen molar-refractivity contribution in [3.05, 3.63) is 76.9 Å². The number of hydrogen-bond donors (Lipinski definition) is 1. The van der Waals surface area contributed by atoms with Gasteiger partial charge in [0.25, 0.3) is 5.91 Å². The van der Waals surface area contributed by atoms with E-state index in [4.69, 9.17) is 11.6 Å². The second-order valence-electron chi connectivity index (χ2n) is 5.16.